The summed E-state index contributed by atoms with van der Waals surface area (Å²) in [7, 11) is 0. The van der Waals surface area contributed by atoms with Gasteiger partial charge in [0.05, 0.1) is 6.04 Å². The summed E-state index contributed by atoms with van der Waals surface area (Å²) in [6.07, 6.45) is 2.75. The maximum Gasteiger partial charge on any atom is 0.377 e. The monoisotopic (exact) mass is 380 g/mol. The predicted octanol–water partition coefficient (Wildman–Crippen LogP) is 1.91. The summed E-state index contributed by atoms with van der Waals surface area (Å²) in [5.74, 6) is -1.24. The normalized spacial score (nSPS) is 13.1. The van der Waals surface area contributed by atoms with Crippen LogP contribution in [0.15, 0.2) is 30.3 Å². The van der Waals surface area contributed by atoms with Gasteiger partial charge in [0.1, 0.15) is 12.6 Å². The van der Waals surface area contributed by atoms with Crippen LogP contribution in [0.2, 0.25) is 0 Å². The van der Waals surface area contributed by atoms with Crippen LogP contribution >= 0.6 is 11.8 Å². The third kappa shape index (κ3) is 8.01. The molecule has 1 rings (SSSR count). The maximum absolute atomic E-state index is 12.4. The number of hydrogen-bond donors (Lipinski definition) is 2. The van der Waals surface area contributed by atoms with Gasteiger partial charge in [-0.3, -0.25) is 9.59 Å². The first kappa shape index (κ1) is 22.2. The molecule has 1 aromatic carbocycles. The molecule has 0 saturated carbocycles. The standard InChI is InChI=1S/C19H28N2O4S/c1-13(2)11-15(20)18(23)21-16(9-10-26-3)17(22)19(24)25-12-14-7-5-4-6-8-14/h4-8,13,15-16H,9-12,20H2,1-3H3,(H,21,23)/t15-,16-/m0/s1. The van der Waals surface area contributed by atoms with Crippen molar-refractivity contribution in [3.8, 4) is 0 Å². The van der Waals surface area contributed by atoms with Crippen LogP contribution in [-0.4, -0.2) is 41.8 Å². The van der Waals surface area contributed by atoms with E-state index in [-0.39, 0.29) is 12.5 Å². The molecule has 3 N–H and O–H groups in total. The molecule has 6 nitrogen and oxygen atoms in total. The van der Waals surface area contributed by atoms with E-state index in [0.29, 0.717) is 18.6 Å². The summed E-state index contributed by atoms with van der Waals surface area (Å²) in [5.41, 5.74) is 6.65. The van der Waals surface area contributed by atoms with Crippen molar-refractivity contribution >= 4 is 29.4 Å². The Bertz CT molecular complexity index is 592. The molecule has 0 heterocycles. The average molecular weight is 381 g/mol. The largest absolute Gasteiger partial charge is 0.455 e. The quantitative estimate of drug-likeness (QED) is 0.449. The van der Waals surface area contributed by atoms with E-state index in [1.54, 1.807) is 12.1 Å². The third-order valence-corrected chi connectivity index (χ3v) is 4.36. The molecule has 2 atom stereocenters. The molecule has 0 aliphatic carbocycles. The number of nitrogens with one attached hydrogen (secondary N) is 1. The average Bonchev–Trinajstić information content (AvgIpc) is 2.62. The number of nitrogens with two attached hydrogens (primary N) is 1. The number of carbonyl (C=O) groups is 3. The second-order valence-corrected chi connectivity index (χ2v) is 7.49. The van der Waals surface area contributed by atoms with Crippen molar-refractivity contribution in [2.24, 2.45) is 11.7 Å². The number of hydrogen-bond acceptors (Lipinski definition) is 6. The molecule has 1 amide bonds. The van der Waals surface area contributed by atoms with Gasteiger partial charge in [0.25, 0.3) is 5.78 Å². The summed E-state index contributed by atoms with van der Waals surface area (Å²) >= 11 is 1.53. The van der Waals surface area contributed by atoms with Crippen molar-refractivity contribution in [1.29, 1.82) is 0 Å². The number of carbonyl (C=O) groups excluding carboxylic acids is 3. The summed E-state index contributed by atoms with van der Waals surface area (Å²) in [6, 6.07) is 7.47. The van der Waals surface area contributed by atoms with Gasteiger partial charge in [-0.2, -0.15) is 11.8 Å². The zero-order valence-electron chi connectivity index (χ0n) is 15.6. The fourth-order valence-electron chi connectivity index (χ4n) is 2.33. The molecule has 1 aromatic rings. The molecule has 0 bridgehead atoms. The second-order valence-electron chi connectivity index (χ2n) is 6.50. The molecule has 0 aliphatic rings. The third-order valence-electron chi connectivity index (χ3n) is 3.72. The van der Waals surface area contributed by atoms with E-state index in [1.165, 1.54) is 11.8 Å². The van der Waals surface area contributed by atoms with Crippen molar-refractivity contribution in [3.05, 3.63) is 35.9 Å². The summed E-state index contributed by atoms with van der Waals surface area (Å²) in [6.45, 7) is 3.94. The lowest BCUT2D eigenvalue weighted by molar-refractivity contribution is -0.156. The summed E-state index contributed by atoms with van der Waals surface area (Å²) < 4.78 is 5.08. The van der Waals surface area contributed by atoms with Gasteiger partial charge in [-0.15, -0.1) is 0 Å². The van der Waals surface area contributed by atoms with Gasteiger partial charge in [0.15, 0.2) is 0 Å². The van der Waals surface area contributed by atoms with Crippen LogP contribution in [0.3, 0.4) is 0 Å². The fraction of sp³-hybridized carbons (Fsp3) is 0.526. The lowest BCUT2D eigenvalue weighted by atomic mass is 10.0. The second kappa shape index (κ2) is 11.7. The highest BCUT2D eigenvalue weighted by molar-refractivity contribution is 7.98. The van der Waals surface area contributed by atoms with Crippen LogP contribution in [0.5, 0.6) is 0 Å². The smallest absolute Gasteiger partial charge is 0.377 e. The van der Waals surface area contributed by atoms with Gasteiger partial charge >= 0.3 is 5.97 Å². The molecule has 0 aromatic heterocycles. The lowest BCUT2D eigenvalue weighted by Crippen LogP contribution is -2.50. The Morgan fingerprint density at radius 1 is 1.19 bits per heavy atom. The Morgan fingerprint density at radius 2 is 1.85 bits per heavy atom. The van der Waals surface area contributed by atoms with Crippen molar-refractivity contribution in [1.82, 2.24) is 5.32 Å². The first-order chi connectivity index (χ1) is 12.3. The van der Waals surface area contributed by atoms with Crippen LogP contribution in [0.25, 0.3) is 0 Å². The van der Waals surface area contributed by atoms with E-state index in [2.05, 4.69) is 5.32 Å². The first-order valence-corrected chi connectivity index (χ1v) is 10.0. The molecule has 7 heteroatoms. The molecule has 0 radical (unpaired) electrons. The highest BCUT2D eigenvalue weighted by Crippen LogP contribution is 2.08. The molecule has 0 fully saturated rings. The highest BCUT2D eigenvalue weighted by Gasteiger charge is 2.29. The van der Waals surface area contributed by atoms with Gasteiger partial charge < -0.3 is 15.8 Å². The number of ketones is 1. The SMILES string of the molecule is CSCC[C@H](NC(=O)[C@@H](N)CC(C)C)C(=O)C(=O)OCc1ccccc1. The topological polar surface area (TPSA) is 98.5 Å². The van der Waals surface area contributed by atoms with Crippen LogP contribution in [-0.2, 0) is 25.7 Å². The van der Waals surface area contributed by atoms with Crippen molar-refractivity contribution in [3.63, 3.8) is 0 Å². The van der Waals surface area contributed by atoms with Gasteiger partial charge in [0.2, 0.25) is 5.91 Å². The molecule has 144 valence electrons. The van der Waals surface area contributed by atoms with Crippen molar-refractivity contribution in [2.75, 3.05) is 12.0 Å². The zero-order chi connectivity index (χ0) is 19.5. The zero-order valence-corrected chi connectivity index (χ0v) is 16.4. The van der Waals surface area contributed by atoms with E-state index in [4.69, 9.17) is 10.5 Å². The van der Waals surface area contributed by atoms with Crippen molar-refractivity contribution in [2.45, 2.75) is 45.4 Å². The summed E-state index contributed by atoms with van der Waals surface area (Å²) in [4.78, 5) is 36.7. The summed E-state index contributed by atoms with van der Waals surface area (Å²) in [5, 5.41) is 2.61. The van der Waals surface area contributed by atoms with Crippen LogP contribution < -0.4 is 11.1 Å². The van der Waals surface area contributed by atoms with Crippen LogP contribution in [0.1, 0.15) is 32.3 Å². The highest BCUT2D eigenvalue weighted by atomic mass is 32.2. The van der Waals surface area contributed by atoms with Crippen LogP contribution in [0, 0.1) is 5.92 Å². The van der Waals surface area contributed by atoms with Gasteiger partial charge in [-0.05, 0) is 36.3 Å². The Labute approximate surface area is 159 Å². The predicted molar refractivity (Wildman–Crippen MR) is 104 cm³/mol. The molecular formula is C19H28N2O4S. The number of esters is 1. The number of Topliss-reactive ketones (excluding diaryl/α,β-unsaturated/α-hetero) is 1. The number of rotatable bonds is 11. The van der Waals surface area contributed by atoms with Gasteiger partial charge in [0, 0.05) is 0 Å². The Kier molecular flexibility index (Phi) is 9.98. The molecule has 26 heavy (non-hydrogen) atoms. The minimum absolute atomic E-state index is 0.0153. The molecular weight excluding hydrogens is 352 g/mol. The molecule has 0 saturated heterocycles. The molecule has 0 aliphatic heterocycles. The van der Waals surface area contributed by atoms with Crippen LogP contribution in [0.4, 0.5) is 0 Å². The van der Waals surface area contributed by atoms with Gasteiger partial charge in [-0.1, -0.05) is 44.2 Å². The Hall–Kier alpha value is -1.86. The minimum atomic E-state index is -0.947. The Balaban J connectivity index is 2.66. The van der Waals surface area contributed by atoms with Gasteiger partial charge in [-0.25, -0.2) is 4.79 Å². The number of ether oxygens (including phenoxy) is 1. The maximum atomic E-state index is 12.4. The lowest BCUT2D eigenvalue weighted by Gasteiger charge is -2.20. The minimum Gasteiger partial charge on any atom is -0.455 e. The van der Waals surface area contributed by atoms with E-state index in [0.717, 1.165) is 5.56 Å². The first-order valence-electron chi connectivity index (χ1n) is 8.65. The fourth-order valence-corrected chi connectivity index (χ4v) is 2.81. The molecule has 0 spiro atoms. The van der Waals surface area contributed by atoms with E-state index < -0.39 is 29.7 Å². The number of amides is 1. The van der Waals surface area contributed by atoms with E-state index >= 15 is 0 Å². The Morgan fingerprint density at radius 3 is 2.42 bits per heavy atom. The number of thioether (sulfide) groups is 1. The number of benzene rings is 1. The van der Waals surface area contributed by atoms with E-state index in [1.807, 2.05) is 38.3 Å². The molecule has 0 unspecified atom stereocenters. The van der Waals surface area contributed by atoms with Crippen molar-refractivity contribution < 1.29 is 19.1 Å². The van der Waals surface area contributed by atoms with E-state index in [9.17, 15) is 14.4 Å².